The van der Waals surface area contributed by atoms with Gasteiger partial charge in [0.15, 0.2) is 5.78 Å². The molecule has 2 rings (SSSR count). The predicted molar refractivity (Wildman–Crippen MR) is 78.0 cm³/mol. The number of hydrogen-bond acceptors (Lipinski definition) is 4. The van der Waals surface area contributed by atoms with Crippen LogP contribution in [0.3, 0.4) is 0 Å². The van der Waals surface area contributed by atoms with E-state index in [4.69, 9.17) is 4.74 Å². The highest BCUT2D eigenvalue weighted by Gasteiger charge is 2.32. The zero-order chi connectivity index (χ0) is 14.7. The quantitative estimate of drug-likeness (QED) is 0.850. The number of hydrogen-bond donors (Lipinski definition) is 1. The normalized spacial score (nSPS) is 25.4. The molecule has 1 fully saturated rings. The van der Waals surface area contributed by atoms with Gasteiger partial charge >= 0.3 is 0 Å². The number of ketones is 1. The highest BCUT2D eigenvalue weighted by Crippen LogP contribution is 2.18. The summed E-state index contributed by atoms with van der Waals surface area (Å²) in [6.07, 6.45) is -0.195. The second-order valence-electron chi connectivity index (χ2n) is 5.59. The molecule has 1 aromatic rings. The second kappa shape index (κ2) is 6.48. The van der Waals surface area contributed by atoms with E-state index in [1.165, 1.54) is 0 Å². The number of Topliss-reactive ketones (excluding diaryl/α,β-unsaturated/α-hetero) is 1. The van der Waals surface area contributed by atoms with E-state index in [2.05, 4.69) is 4.90 Å². The van der Waals surface area contributed by atoms with Gasteiger partial charge < -0.3 is 9.84 Å². The summed E-state index contributed by atoms with van der Waals surface area (Å²) in [6.45, 7) is 7.13. The van der Waals surface area contributed by atoms with Crippen LogP contribution < -0.4 is 0 Å². The van der Waals surface area contributed by atoms with Crippen LogP contribution in [0.5, 0.6) is 0 Å². The van der Waals surface area contributed by atoms with Gasteiger partial charge in [0.1, 0.15) is 0 Å². The van der Waals surface area contributed by atoms with Crippen molar-refractivity contribution in [3.63, 3.8) is 0 Å². The molecule has 4 nitrogen and oxygen atoms in total. The van der Waals surface area contributed by atoms with Crippen LogP contribution in [0.15, 0.2) is 24.3 Å². The summed E-state index contributed by atoms with van der Waals surface area (Å²) in [4.78, 5) is 14.7. The van der Waals surface area contributed by atoms with Crippen LogP contribution in [-0.4, -0.2) is 53.7 Å². The Morgan fingerprint density at radius 1 is 1.45 bits per heavy atom. The summed E-state index contributed by atoms with van der Waals surface area (Å²) < 4.78 is 5.52. The molecular weight excluding hydrogens is 254 g/mol. The van der Waals surface area contributed by atoms with Crippen LogP contribution in [0.2, 0.25) is 0 Å². The molecule has 3 atom stereocenters. The Morgan fingerprint density at radius 2 is 2.10 bits per heavy atom. The lowest BCUT2D eigenvalue weighted by atomic mass is 10.0. The molecule has 1 heterocycles. The molecule has 0 aromatic heterocycles. The molecule has 1 aromatic carbocycles. The van der Waals surface area contributed by atoms with Crippen LogP contribution in [0.25, 0.3) is 0 Å². The molecule has 0 saturated carbocycles. The molecule has 1 aliphatic heterocycles. The van der Waals surface area contributed by atoms with E-state index in [9.17, 15) is 9.90 Å². The summed E-state index contributed by atoms with van der Waals surface area (Å²) in [5.41, 5.74) is 1.89. The summed E-state index contributed by atoms with van der Waals surface area (Å²) in [6, 6.07) is 7.65. The Balaban J connectivity index is 2.10. The number of nitrogens with zero attached hydrogens (tertiary/aromatic N) is 1. The molecule has 0 spiro atoms. The molecule has 1 N–H and O–H groups in total. The van der Waals surface area contributed by atoms with Gasteiger partial charge in [0.2, 0.25) is 0 Å². The predicted octanol–water partition coefficient (Wildman–Crippen LogP) is 1.65. The van der Waals surface area contributed by atoms with Crippen molar-refractivity contribution < 1.29 is 14.6 Å². The molecule has 0 aliphatic carbocycles. The third kappa shape index (κ3) is 3.26. The minimum Gasteiger partial charge on any atom is -0.394 e. The fourth-order valence-electron chi connectivity index (χ4n) is 2.60. The van der Waals surface area contributed by atoms with Crippen LogP contribution in [-0.2, 0) is 4.74 Å². The highest BCUT2D eigenvalue weighted by atomic mass is 16.5. The molecule has 1 saturated heterocycles. The lowest BCUT2D eigenvalue weighted by molar-refractivity contribution is -0.0846. The Kier molecular flexibility index (Phi) is 4.91. The van der Waals surface area contributed by atoms with Gasteiger partial charge in [-0.3, -0.25) is 9.69 Å². The summed E-state index contributed by atoms with van der Waals surface area (Å²) >= 11 is 0. The Morgan fingerprint density at radius 3 is 2.70 bits per heavy atom. The maximum absolute atomic E-state index is 12.6. The largest absolute Gasteiger partial charge is 0.394 e. The number of benzene rings is 1. The van der Waals surface area contributed by atoms with Gasteiger partial charge in [-0.25, -0.2) is 0 Å². The Bertz CT molecular complexity index is 457. The number of aliphatic hydroxyl groups is 1. The van der Waals surface area contributed by atoms with Crippen molar-refractivity contribution in [2.45, 2.75) is 39.0 Å². The first-order chi connectivity index (χ1) is 9.52. The first-order valence-electron chi connectivity index (χ1n) is 7.12. The van der Waals surface area contributed by atoms with Crippen molar-refractivity contribution in [3.05, 3.63) is 35.4 Å². The number of carbonyl (C=O) groups excluding carboxylic acids is 1. The van der Waals surface area contributed by atoms with E-state index < -0.39 is 0 Å². The number of carbonyl (C=O) groups is 1. The fourth-order valence-corrected chi connectivity index (χ4v) is 2.60. The molecule has 0 bridgehead atoms. The standard InChI is InChI=1S/C16H23NO3/c1-11-4-6-14(7-5-11)16(19)13(3)17-8-15(9-18)20-10-12(17)2/h4-7,12-13,15,18H,8-10H2,1-3H3. The van der Waals surface area contributed by atoms with Gasteiger partial charge in [0.25, 0.3) is 0 Å². The lowest BCUT2D eigenvalue weighted by Gasteiger charge is -2.40. The summed E-state index contributed by atoms with van der Waals surface area (Å²) in [5.74, 6) is 0.121. The zero-order valence-electron chi connectivity index (χ0n) is 12.4. The second-order valence-corrected chi connectivity index (χ2v) is 5.59. The zero-order valence-corrected chi connectivity index (χ0v) is 12.4. The van der Waals surface area contributed by atoms with Crippen molar-refractivity contribution in [1.82, 2.24) is 4.90 Å². The number of rotatable bonds is 4. The van der Waals surface area contributed by atoms with Crippen molar-refractivity contribution in [1.29, 1.82) is 0 Å². The number of aliphatic hydroxyl groups excluding tert-OH is 1. The van der Waals surface area contributed by atoms with Crippen molar-refractivity contribution in [3.8, 4) is 0 Å². The van der Waals surface area contributed by atoms with Gasteiger partial charge in [-0.15, -0.1) is 0 Å². The van der Waals surface area contributed by atoms with Crippen LogP contribution in [0, 0.1) is 6.92 Å². The Labute approximate surface area is 120 Å². The average Bonchev–Trinajstić information content (AvgIpc) is 2.47. The van der Waals surface area contributed by atoms with Crippen molar-refractivity contribution in [2.75, 3.05) is 19.8 Å². The van der Waals surface area contributed by atoms with E-state index in [0.717, 1.165) is 11.1 Å². The van der Waals surface area contributed by atoms with Gasteiger partial charge in [0.05, 0.1) is 25.4 Å². The molecular formula is C16H23NO3. The van der Waals surface area contributed by atoms with E-state index in [1.807, 2.05) is 45.0 Å². The maximum Gasteiger partial charge on any atom is 0.179 e. The number of morpholine rings is 1. The third-order valence-electron chi connectivity index (χ3n) is 3.97. The monoisotopic (exact) mass is 277 g/mol. The molecule has 1 aliphatic rings. The van der Waals surface area contributed by atoms with Gasteiger partial charge in [-0.2, -0.15) is 0 Å². The number of aryl methyl sites for hydroxylation is 1. The molecule has 20 heavy (non-hydrogen) atoms. The van der Waals surface area contributed by atoms with E-state index in [0.29, 0.717) is 13.2 Å². The molecule has 0 amide bonds. The minimum atomic E-state index is -0.203. The number of ether oxygens (including phenoxy) is 1. The first-order valence-corrected chi connectivity index (χ1v) is 7.12. The molecule has 0 radical (unpaired) electrons. The highest BCUT2D eigenvalue weighted by molar-refractivity contribution is 5.99. The fraction of sp³-hybridized carbons (Fsp3) is 0.562. The summed E-state index contributed by atoms with van der Waals surface area (Å²) in [5, 5.41) is 9.23. The molecule has 3 unspecified atom stereocenters. The van der Waals surface area contributed by atoms with Gasteiger partial charge in [-0.05, 0) is 20.8 Å². The van der Waals surface area contributed by atoms with Crippen LogP contribution in [0.4, 0.5) is 0 Å². The SMILES string of the molecule is Cc1ccc(C(=O)C(C)N2CC(CO)OCC2C)cc1. The smallest absolute Gasteiger partial charge is 0.179 e. The van der Waals surface area contributed by atoms with E-state index in [1.54, 1.807) is 0 Å². The third-order valence-corrected chi connectivity index (χ3v) is 3.97. The van der Waals surface area contributed by atoms with Crippen molar-refractivity contribution in [2.24, 2.45) is 0 Å². The van der Waals surface area contributed by atoms with Crippen LogP contribution in [0.1, 0.15) is 29.8 Å². The van der Waals surface area contributed by atoms with E-state index in [-0.39, 0.29) is 30.6 Å². The lowest BCUT2D eigenvalue weighted by Crippen LogP contribution is -2.55. The molecule has 4 heteroatoms. The Hall–Kier alpha value is -1.23. The minimum absolute atomic E-state index is 0.00530. The van der Waals surface area contributed by atoms with Gasteiger partial charge in [0, 0.05) is 18.2 Å². The van der Waals surface area contributed by atoms with E-state index >= 15 is 0 Å². The van der Waals surface area contributed by atoms with Gasteiger partial charge in [-0.1, -0.05) is 29.8 Å². The maximum atomic E-state index is 12.6. The van der Waals surface area contributed by atoms with Crippen molar-refractivity contribution >= 4 is 5.78 Å². The average molecular weight is 277 g/mol. The topological polar surface area (TPSA) is 49.8 Å². The summed E-state index contributed by atoms with van der Waals surface area (Å²) in [7, 11) is 0. The van der Waals surface area contributed by atoms with Crippen LogP contribution >= 0.6 is 0 Å². The first kappa shape index (κ1) is 15.2. The molecule has 110 valence electrons.